The molecule has 0 amide bonds. The van der Waals surface area contributed by atoms with E-state index in [9.17, 15) is 26.4 Å². The highest BCUT2D eigenvalue weighted by Crippen LogP contribution is 2.28. The van der Waals surface area contributed by atoms with Gasteiger partial charge in [-0.25, -0.2) is 18.2 Å². The van der Waals surface area contributed by atoms with Crippen molar-refractivity contribution in [2.24, 2.45) is 0 Å². The lowest BCUT2D eigenvalue weighted by molar-refractivity contribution is -0.141. The van der Waals surface area contributed by atoms with Gasteiger partial charge in [-0.2, -0.15) is 13.2 Å². The zero-order chi connectivity index (χ0) is 16.5. The molecule has 22 heavy (non-hydrogen) atoms. The number of carboxylic acids is 1. The first kappa shape index (κ1) is 16.2. The van der Waals surface area contributed by atoms with Crippen LogP contribution in [0.2, 0.25) is 0 Å². The third-order valence-electron chi connectivity index (χ3n) is 2.33. The van der Waals surface area contributed by atoms with Gasteiger partial charge < -0.3 is 5.11 Å². The first-order valence-electron chi connectivity index (χ1n) is 5.34. The van der Waals surface area contributed by atoms with Crippen molar-refractivity contribution in [1.82, 2.24) is 9.97 Å². The molecule has 0 aliphatic heterocycles. The Bertz CT molecular complexity index is 800. The Labute approximate surface area is 125 Å². The molecule has 118 valence electrons. The van der Waals surface area contributed by atoms with Crippen molar-refractivity contribution in [1.29, 1.82) is 0 Å². The molecule has 2 aromatic heterocycles. The van der Waals surface area contributed by atoms with E-state index in [1.54, 1.807) is 0 Å². The van der Waals surface area contributed by atoms with Crippen LogP contribution < -0.4 is 4.72 Å². The molecule has 7 nitrogen and oxygen atoms in total. The summed E-state index contributed by atoms with van der Waals surface area (Å²) in [7, 11) is -4.27. The van der Waals surface area contributed by atoms with E-state index in [2.05, 4.69) is 9.97 Å². The fourth-order valence-electron chi connectivity index (χ4n) is 1.36. The highest BCUT2D eigenvalue weighted by molar-refractivity contribution is 7.93. The fourth-order valence-corrected chi connectivity index (χ4v) is 3.29. The van der Waals surface area contributed by atoms with Crippen molar-refractivity contribution < 1.29 is 31.5 Å². The van der Waals surface area contributed by atoms with Crippen LogP contribution in [0.25, 0.3) is 0 Å². The highest BCUT2D eigenvalue weighted by atomic mass is 32.2. The van der Waals surface area contributed by atoms with Crippen LogP contribution >= 0.6 is 11.3 Å². The van der Waals surface area contributed by atoms with E-state index >= 15 is 0 Å². The van der Waals surface area contributed by atoms with Gasteiger partial charge in [0.15, 0.2) is 5.69 Å². The lowest BCUT2D eigenvalue weighted by atomic mass is 10.3. The molecule has 0 atom stereocenters. The van der Waals surface area contributed by atoms with Crippen LogP contribution in [0.5, 0.6) is 0 Å². The largest absolute Gasteiger partial charge is 0.476 e. The maximum absolute atomic E-state index is 12.4. The SMILES string of the molecule is O=C(O)c1ncsc1NS(=O)(=O)c1ccc(C(F)(F)F)nc1. The molecule has 0 radical (unpaired) electrons. The number of pyridine rings is 1. The molecular formula is C10H6F3N3O4S2. The second kappa shape index (κ2) is 5.53. The molecule has 2 aromatic rings. The van der Waals surface area contributed by atoms with E-state index in [0.29, 0.717) is 12.3 Å². The minimum Gasteiger partial charge on any atom is -0.476 e. The Morgan fingerprint density at radius 3 is 2.45 bits per heavy atom. The third-order valence-corrected chi connectivity index (χ3v) is 4.54. The monoisotopic (exact) mass is 353 g/mol. The average molecular weight is 353 g/mol. The lowest BCUT2D eigenvalue weighted by Gasteiger charge is -2.08. The maximum atomic E-state index is 12.4. The minimum absolute atomic E-state index is 0.257. The number of anilines is 1. The number of carbonyl (C=O) groups is 1. The van der Waals surface area contributed by atoms with Crippen molar-refractivity contribution in [3.8, 4) is 0 Å². The molecule has 12 heteroatoms. The lowest BCUT2D eigenvalue weighted by Crippen LogP contribution is -2.16. The third kappa shape index (κ3) is 3.33. The van der Waals surface area contributed by atoms with E-state index in [0.717, 1.165) is 22.9 Å². The predicted molar refractivity (Wildman–Crippen MR) is 69.1 cm³/mol. The van der Waals surface area contributed by atoms with Gasteiger partial charge in [0.2, 0.25) is 0 Å². The van der Waals surface area contributed by atoms with Gasteiger partial charge in [0.1, 0.15) is 15.6 Å². The molecule has 2 rings (SSSR count). The Kier molecular flexibility index (Phi) is 4.06. The molecule has 0 spiro atoms. The summed E-state index contributed by atoms with van der Waals surface area (Å²) in [6, 6.07) is 1.24. The molecule has 0 saturated heterocycles. The molecule has 0 bridgehead atoms. The first-order chi connectivity index (χ1) is 10.1. The number of nitrogens with zero attached hydrogens (tertiary/aromatic N) is 2. The molecule has 0 fully saturated rings. The summed E-state index contributed by atoms with van der Waals surface area (Å²) in [6.07, 6.45) is -4.16. The average Bonchev–Trinajstić information content (AvgIpc) is 2.85. The summed E-state index contributed by atoms with van der Waals surface area (Å²) in [5.74, 6) is -1.44. The number of aromatic carboxylic acids is 1. The van der Waals surface area contributed by atoms with E-state index in [1.165, 1.54) is 0 Å². The van der Waals surface area contributed by atoms with Gasteiger partial charge in [-0.3, -0.25) is 9.71 Å². The van der Waals surface area contributed by atoms with Crippen molar-refractivity contribution >= 4 is 32.3 Å². The summed E-state index contributed by atoms with van der Waals surface area (Å²) in [5, 5.41) is 8.56. The normalized spacial score (nSPS) is 12.1. The second-order valence-corrected chi connectivity index (χ2v) is 6.35. The van der Waals surface area contributed by atoms with Crippen LogP contribution in [0.15, 0.2) is 28.7 Å². The number of hydrogen-bond donors (Lipinski definition) is 2. The number of sulfonamides is 1. The Morgan fingerprint density at radius 2 is 1.95 bits per heavy atom. The standard InChI is InChI=1S/C10H6F3N3O4S2/c11-10(12,13)6-2-1-5(3-14-6)22(19,20)16-8-7(9(17)18)15-4-21-8/h1-4,16H,(H,17,18). The summed E-state index contributed by atoms with van der Waals surface area (Å²) in [5.41, 5.74) is -0.629. The number of alkyl halides is 3. The van der Waals surface area contributed by atoms with Crippen LogP contribution in [0.3, 0.4) is 0 Å². The molecule has 0 aliphatic rings. The van der Waals surface area contributed by atoms with Gasteiger partial charge in [-0.05, 0) is 12.1 Å². The van der Waals surface area contributed by atoms with Gasteiger partial charge in [0.05, 0.1) is 5.51 Å². The topological polar surface area (TPSA) is 109 Å². The van der Waals surface area contributed by atoms with Crippen molar-refractivity contribution in [2.45, 2.75) is 11.1 Å². The number of rotatable bonds is 4. The van der Waals surface area contributed by atoms with E-state index in [4.69, 9.17) is 5.11 Å². The van der Waals surface area contributed by atoms with E-state index in [1.807, 2.05) is 4.72 Å². The minimum atomic E-state index is -4.69. The summed E-state index contributed by atoms with van der Waals surface area (Å²) < 4.78 is 63.0. The zero-order valence-corrected chi connectivity index (χ0v) is 12.0. The van der Waals surface area contributed by atoms with Crippen LogP contribution in [0.1, 0.15) is 16.2 Å². The molecule has 2 heterocycles. The van der Waals surface area contributed by atoms with Crippen LogP contribution in [0, 0.1) is 0 Å². The number of nitrogens with one attached hydrogen (secondary N) is 1. The summed E-state index contributed by atoms with van der Waals surface area (Å²) in [4.78, 5) is 16.8. The maximum Gasteiger partial charge on any atom is 0.433 e. The van der Waals surface area contributed by atoms with Crippen LogP contribution in [-0.4, -0.2) is 29.5 Å². The van der Waals surface area contributed by atoms with Gasteiger partial charge in [-0.15, -0.1) is 11.3 Å². The van der Waals surface area contributed by atoms with Crippen molar-refractivity contribution in [3.05, 3.63) is 35.2 Å². The van der Waals surface area contributed by atoms with Crippen molar-refractivity contribution in [2.75, 3.05) is 4.72 Å². The molecular weight excluding hydrogens is 347 g/mol. The second-order valence-electron chi connectivity index (χ2n) is 3.82. The van der Waals surface area contributed by atoms with Gasteiger partial charge >= 0.3 is 12.1 Å². The Hall–Kier alpha value is -2.21. The Morgan fingerprint density at radius 1 is 1.27 bits per heavy atom. The summed E-state index contributed by atoms with van der Waals surface area (Å²) >= 11 is 0.724. The van der Waals surface area contributed by atoms with E-state index < -0.39 is 38.5 Å². The van der Waals surface area contributed by atoms with Crippen LogP contribution in [-0.2, 0) is 16.2 Å². The number of aromatic nitrogens is 2. The van der Waals surface area contributed by atoms with E-state index in [-0.39, 0.29) is 5.00 Å². The predicted octanol–water partition coefficient (Wildman–Crippen LogP) is 2.06. The Balaban J connectivity index is 2.31. The molecule has 0 unspecified atom stereocenters. The van der Waals surface area contributed by atoms with Gasteiger partial charge in [0, 0.05) is 6.20 Å². The quantitative estimate of drug-likeness (QED) is 0.871. The van der Waals surface area contributed by atoms with Crippen molar-refractivity contribution in [3.63, 3.8) is 0 Å². The molecule has 0 aliphatic carbocycles. The molecule has 0 saturated carbocycles. The molecule has 0 aromatic carbocycles. The smallest absolute Gasteiger partial charge is 0.433 e. The van der Waals surface area contributed by atoms with Crippen LogP contribution in [0.4, 0.5) is 18.2 Å². The first-order valence-corrected chi connectivity index (χ1v) is 7.70. The molecule has 2 N–H and O–H groups in total. The van der Waals surface area contributed by atoms with Gasteiger partial charge in [0.25, 0.3) is 10.0 Å². The zero-order valence-electron chi connectivity index (χ0n) is 10.3. The number of carboxylic acid groups (broad SMARTS) is 1. The fraction of sp³-hybridized carbons (Fsp3) is 0.100. The number of thiazole rings is 1. The summed E-state index contributed by atoms with van der Waals surface area (Å²) in [6.45, 7) is 0. The van der Waals surface area contributed by atoms with Gasteiger partial charge in [-0.1, -0.05) is 0 Å². The highest BCUT2D eigenvalue weighted by Gasteiger charge is 2.32. The number of halogens is 3. The number of hydrogen-bond acceptors (Lipinski definition) is 6.